The summed E-state index contributed by atoms with van der Waals surface area (Å²) in [6, 6.07) is 28.0. The Hall–Kier alpha value is -4.14. The van der Waals surface area contributed by atoms with E-state index in [2.05, 4.69) is 123 Å². The second kappa shape index (κ2) is 11.9. The molecule has 2 aliphatic rings. The van der Waals surface area contributed by atoms with E-state index in [1.165, 1.54) is 24.0 Å². The number of pyridine rings is 1. The smallest absolute Gasteiger partial charge is 0.253 e. The standard InChI is InChI=1S/C35H39N7O/c1-24-21-25(2)29-23-30(35(43)36-31(29)22-24)33(34-37-38-39-42(34)28-15-9-10-16-28)41-19-17-40(18-20-41)32(26-11-5-3-6-12-26)27-13-7-4-8-14-27/h3-8,11-14,21-23,28,32-33H,9-10,15-20H2,1-2H3,(H,36,43). The molecule has 5 aromatic rings. The predicted molar refractivity (Wildman–Crippen MR) is 169 cm³/mol. The van der Waals surface area contributed by atoms with Crippen molar-refractivity contribution in [2.45, 2.75) is 57.7 Å². The molecule has 8 nitrogen and oxygen atoms in total. The number of hydrogen-bond acceptors (Lipinski definition) is 6. The van der Waals surface area contributed by atoms with Gasteiger partial charge in [0, 0.05) is 42.6 Å². The Morgan fingerprint density at radius 2 is 1.40 bits per heavy atom. The Morgan fingerprint density at radius 3 is 2.02 bits per heavy atom. The third-order valence-electron chi connectivity index (χ3n) is 9.38. The summed E-state index contributed by atoms with van der Waals surface area (Å²) < 4.78 is 2.02. The largest absolute Gasteiger partial charge is 0.322 e. The minimum Gasteiger partial charge on any atom is -0.322 e. The Labute approximate surface area is 252 Å². The second-order valence-electron chi connectivity index (χ2n) is 12.2. The number of piperazine rings is 1. The fourth-order valence-corrected chi connectivity index (χ4v) is 7.32. The molecule has 43 heavy (non-hydrogen) atoms. The van der Waals surface area contributed by atoms with Crippen molar-refractivity contribution in [3.05, 3.63) is 123 Å². The number of hydrogen-bond donors (Lipinski definition) is 1. The Morgan fingerprint density at radius 1 is 0.791 bits per heavy atom. The number of tetrazole rings is 1. The number of benzene rings is 3. The third kappa shape index (κ3) is 5.41. The number of nitrogens with one attached hydrogen (secondary N) is 1. The van der Waals surface area contributed by atoms with Crippen molar-refractivity contribution in [3.63, 3.8) is 0 Å². The van der Waals surface area contributed by atoms with Gasteiger partial charge in [-0.05, 0) is 71.5 Å². The van der Waals surface area contributed by atoms with E-state index >= 15 is 0 Å². The highest BCUT2D eigenvalue weighted by Crippen LogP contribution is 2.36. The third-order valence-corrected chi connectivity index (χ3v) is 9.38. The molecular weight excluding hydrogens is 534 g/mol. The van der Waals surface area contributed by atoms with Crippen LogP contribution in [0.15, 0.2) is 83.7 Å². The van der Waals surface area contributed by atoms with Crippen molar-refractivity contribution in [1.82, 2.24) is 35.0 Å². The molecular formula is C35H39N7O. The average molecular weight is 574 g/mol. The number of aromatic amines is 1. The summed E-state index contributed by atoms with van der Waals surface area (Å²) >= 11 is 0. The van der Waals surface area contributed by atoms with E-state index < -0.39 is 0 Å². The van der Waals surface area contributed by atoms with E-state index in [1.54, 1.807) is 0 Å². The van der Waals surface area contributed by atoms with Crippen LogP contribution in [-0.4, -0.2) is 61.2 Å². The normalized spacial score (nSPS) is 17.7. The molecule has 3 aromatic carbocycles. The monoisotopic (exact) mass is 573 g/mol. The lowest BCUT2D eigenvalue weighted by Crippen LogP contribution is -2.50. The average Bonchev–Trinajstić information content (AvgIpc) is 3.73. The highest BCUT2D eigenvalue weighted by molar-refractivity contribution is 5.83. The van der Waals surface area contributed by atoms with Crippen molar-refractivity contribution in [2.24, 2.45) is 0 Å². The molecule has 0 radical (unpaired) electrons. The number of aromatic nitrogens is 5. The lowest BCUT2D eigenvalue weighted by atomic mass is 9.95. The molecule has 8 heteroatoms. The zero-order chi connectivity index (χ0) is 29.3. The van der Waals surface area contributed by atoms with Gasteiger partial charge in [0.1, 0.15) is 6.04 Å². The highest BCUT2D eigenvalue weighted by Gasteiger charge is 2.36. The molecule has 0 bridgehead atoms. The summed E-state index contributed by atoms with van der Waals surface area (Å²) in [6.07, 6.45) is 4.51. The van der Waals surface area contributed by atoms with Crippen LogP contribution in [0.5, 0.6) is 0 Å². The van der Waals surface area contributed by atoms with Crippen molar-refractivity contribution >= 4 is 10.9 Å². The van der Waals surface area contributed by atoms with E-state index in [-0.39, 0.29) is 23.7 Å². The number of nitrogens with zero attached hydrogens (tertiary/aromatic N) is 6. The molecule has 3 heterocycles. The van der Waals surface area contributed by atoms with Gasteiger partial charge in [0.2, 0.25) is 0 Å². The highest BCUT2D eigenvalue weighted by atomic mass is 16.1. The minimum absolute atomic E-state index is 0.0719. The molecule has 220 valence electrons. The van der Waals surface area contributed by atoms with Gasteiger partial charge >= 0.3 is 0 Å². The molecule has 1 saturated carbocycles. The van der Waals surface area contributed by atoms with Crippen LogP contribution in [0.4, 0.5) is 0 Å². The quantitative estimate of drug-likeness (QED) is 0.267. The van der Waals surface area contributed by atoms with E-state index in [0.29, 0.717) is 5.56 Å². The van der Waals surface area contributed by atoms with Gasteiger partial charge in [-0.3, -0.25) is 14.6 Å². The first-order valence-corrected chi connectivity index (χ1v) is 15.6. The first-order chi connectivity index (χ1) is 21.1. The maximum Gasteiger partial charge on any atom is 0.253 e. The number of aryl methyl sites for hydroxylation is 2. The Kier molecular flexibility index (Phi) is 7.63. The van der Waals surface area contributed by atoms with E-state index in [4.69, 9.17) is 0 Å². The summed E-state index contributed by atoms with van der Waals surface area (Å²) in [4.78, 5) is 22.0. The van der Waals surface area contributed by atoms with Gasteiger partial charge in [0.25, 0.3) is 5.56 Å². The first kappa shape index (κ1) is 27.7. The molecule has 1 atom stereocenters. The molecule has 2 aromatic heterocycles. The number of H-pyrrole nitrogens is 1. The molecule has 1 saturated heterocycles. The summed E-state index contributed by atoms with van der Waals surface area (Å²) in [5, 5.41) is 14.3. The molecule has 1 unspecified atom stereocenters. The van der Waals surface area contributed by atoms with Crippen molar-refractivity contribution in [3.8, 4) is 0 Å². The molecule has 2 fully saturated rings. The van der Waals surface area contributed by atoms with Gasteiger partial charge < -0.3 is 4.98 Å². The molecule has 0 spiro atoms. The van der Waals surface area contributed by atoms with E-state index in [9.17, 15) is 4.79 Å². The van der Waals surface area contributed by atoms with Gasteiger partial charge in [-0.15, -0.1) is 5.10 Å². The molecule has 1 aliphatic carbocycles. The maximum absolute atomic E-state index is 13.8. The maximum atomic E-state index is 13.8. The Balaban J connectivity index is 1.26. The van der Waals surface area contributed by atoms with Crippen LogP contribution in [0.2, 0.25) is 0 Å². The van der Waals surface area contributed by atoms with Crippen LogP contribution in [0, 0.1) is 13.8 Å². The van der Waals surface area contributed by atoms with Crippen LogP contribution in [0.3, 0.4) is 0 Å². The zero-order valence-corrected chi connectivity index (χ0v) is 25.0. The number of fused-ring (bicyclic) bond motifs is 1. The van der Waals surface area contributed by atoms with Crippen molar-refractivity contribution in [1.29, 1.82) is 0 Å². The SMILES string of the molecule is Cc1cc(C)c2cc(C(c3nnnn3C3CCCC3)N3CCN(C(c4ccccc4)c4ccccc4)CC3)c(=O)[nH]c2c1. The molecule has 7 rings (SSSR count). The molecule has 1 aliphatic heterocycles. The van der Waals surface area contributed by atoms with Crippen LogP contribution in [-0.2, 0) is 0 Å². The van der Waals surface area contributed by atoms with Crippen molar-refractivity contribution in [2.75, 3.05) is 26.2 Å². The lowest BCUT2D eigenvalue weighted by molar-refractivity contribution is 0.0850. The zero-order valence-electron chi connectivity index (χ0n) is 25.0. The summed E-state index contributed by atoms with van der Waals surface area (Å²) in [5.74, 6) is 0.776. The van der Waals surface area contributed by atoms with Gasteiger partial charge in [-0.2, -0.15) is 0 Å². The summed E-state index contributed by atoms with van der Waals surface area (Å²) in [5.41, 5.74) is 6.39. The van der Waals surface area contributed by atoms with E-state index in [1.807, 2.05) is 4.68 Å². The van der Waals surface area contributed by atoms with Crippen molar-refractivity contribution < 1.29 is 0 Å². The predicted octanol–water partition coefficient (Wildman–Crippen LogP) is 5.74. The second-order valence-corrected chi connectivity index (χ2v) is 12.2. The lowest BCUT2D eigenvalue weighted by Gasteiger charge is -2.42. The van der Waals surface area contributed by atoms with Crippen LogP contribution in [0.1, 0.15) is 77.5 Å². The first-order valence-electron chi connectivity index (χ1n) is 15.6. The Bertz CT molecular complexity index is 1710. The number of rotatable bonds is 7. The summed E-state index contributed by atoms with van der Waals surface area (Å²) in [6.45, 7) is 7.49. The van der Waals surface area contributed by atoms with Gasteiger partial charge in [-0.1, -0.05) is 79.6 Å². The van der Waals surface area contributed by atoms with Gasteiger partial charge in [0.15, 0.2) is 5.82 Å². The fraction of sp³-hybridized carbons (Fsp3) is 0.371. The van der Waals surface area contributed by atoms with Crippen LogP contribution >= 0.6 is 0 Å². The molecule has 1 N–H and O–H groups in total. The van der Waals surface area contributed by atoms with Gasteiger partial charge in [-0.25, -0.2) is 4.68 Å². The topological polar surface area (TPSA) is 82.9 Å². The summed E-state index contributed by atoms with van der Waals surface area (Å²) in [7, 11) is 0. The fourth-order valence-electron chi connectivity index (χ4n) is 7.32. The van der Waals surface area contributed by atoms with E-state index in [0.717, 1.165) is 66.9 Å². The van der Waals surface area contributed by atoms with Gasteiger partial charge in [0.05, 0.1) is 12.1 Å². The van der Waals surface area contributed by atoms with Crippen LogP contribution in [0.25, 0.3) is 10.9 Å². The molecule has 0 amide bonds. The minimum atomic E-state index is -0.335. The van der Waals surface area contributed by atoms with Crippen LogP contribution < -0.4 is 5.56 Å².